The fraction of sp³-hybridized carbons (Fsp3) is 0.885. The Hall–Kier alpha value is -0.215. The van der Waals surface area contributed by atoms with Crippen LogP contribution in [0.1, 0.15) is 91.9 Å². The Kier molecular flexibility index (Phi) is 6.10. The van der Waals surface area contributed by atoms with E-state index in [1.807, 2.05) is 0 Å². The van der Waals surface area contributed by atoms with Crippen molar-refractivity contribution in [2.45, 2.75) is 98.0 Å². The van der Waals surface area contributed by atoms with Crippen LogP contribution in [-0.2, 0) is 8.98 Å². The first kappa shape index (κ1) is 20.4. The van der Waals surface area contributed by atoms with Gasteiger partial charge in [-0.1, -0.05) is 32.4 Å². The lowest BCUT2D eigenvalue weighted by Gasteiger charge is -2.58. The van der Waals surface area contributed by atoms with Crippen LogP contribution in [0.2, 0.25) is 0 Å². The molecular weight excluding hydrogens is 387 g/mol. The van der Waals surface area contributed by atoms with E-state index < -0.39 is 7.77 Å². The summed E-state index contributed by atoms with van der Waals surface area (Å²) >= 11 is 1.33. The lowest BCUT2D eigenvalue weighted by atomic mass is 9.47. The van der Waals surface area contributed by atoms with Crippen LogP contribution in [0.15, 0.2) is 11.6 Å². The molecule has 0 aliphatic heterocycles. The van der Waals surface area contributed by atoms with Crippen molar-refractivity contribution >= 4 is 25.6 Å². The molecule has 4 aliphatic carbocycles. The Morgan fingerprint density at radius 2 is 2.20 bits per heavy atom. The average molecular weight is 434 g/mol. The zero-order valence-corrected chi connectivity index (χ0v) is 20.4. The van der Waals surface area contributed by atoms with E-state index in [0.717, 1.165) is 49.4 Å². The molecule has 0 amide bonds. The minimum absolute atomic E-state index is 0.251. The molecule has 0 spiro atoms. The molecular formula is C26H43BO2S. The van der Waals surface area contributed by atoms with Gasteiger partial charge in [-0.05, 0) is 125 Å². The molecule has 168 valence electrons. The largest absolute Gasteiger partial charge is 0.312 e. The van der Waals surface area contributed by atoms with Gasteiger partial charge in [-0.3, -0.25) is 0 Å². The smallest absolute Gasteiger partial charge is 0.129 e. The second-order valence-electron chi connectivity index (χ2n) is 11.5. The number of fused-ring (bicyclic) bond motifs is 5. The van der Waals surface area contributed by atoms with E-state index >= 15 is 0 Å². The van der Waals surface area contributed by atoms with Crippen LogP contribution in [0.4, 0.5) is 0 Å². The zero-order chi connectivity index (χ0) is 23.1. The van der Waals surface area contributed by atoms with Crippen LogP contribution in [0, 0.1) is 40.4 Å². The lowest BCUT2D eigenvalue weighted by Crippen LogP contribution is -2.50. The van der Waals surface area contributed by atoms with Crippen molar-refractivity contribution in [1.82, 2.24) is 0 Å². The predicted octanol–water partition coefficient (Wildman–Crippen LogP) is 6.19. The first-order chi connectivity index (χ1) is 15.1. The lowest BCUT2D eigenvalue weighted by molar-refractivity contribution is -0.117. The molecule has 0 aromatic carbocycles. The molecule has 0 radical (unpaired) electrons. The Balaban J connectivity index is 1.44. The van der Waals surface area contributed by atoms with Crippen molar-refractivity contribution in [2.75, 3.05) is 5.65 Å². The van der Waals surface area contributed by atoms with Crippen LogP contribution in [0.25, 0.3) is 0 Å². The van der Waals surface area contributed by atoms with Crippen LogP contribution in [-0.4, -0.2) is 28.0 Å². The van der Waals surface area contributed by atoms with Gasteiger partial charge in [0.15, 0.2) is 0 Å². The maximum atomic E-state index is 11.6. The van der Waals surface area contributed by atoms with Gasteiger partial charge >= 0.3 is 0 Å². The highest BCUT2D eigenvalue weighted by molar-refractivity contribution is 7.95. The van der Waals surface area contributed by atoms with Gasteiger partial charge in [0.1, 0.15) is 13.6 Å². The molecule has 4 rings (SSSR count). The van der Waals surface area contributed by atoms with Crippen molar-refractivity contribution in [2.24, 2.45) is 40.4 Å². The number of hydrogen-bond donors (Lipinski definition) is 0. The van der Waals surface area contributed by atoms with E-state index in [2.05, 4.69) is 26.8 Å². The van der Waals surface area contributed by atoms with Crippen molar-refractivity contribution in [1.29, 1.82) is 2.67 Å². The minimum atomic E-state index is -0.805. The third-order valence-corrected chi connectivity index (χ3v) is 10.6. The van der Waals surface area contributed by atoms with Gasteiger partial charge in [0.2, 0.25) is 0 Å². The van der Waals surface area contributed by atoms with E-state index in [1.165, 1.54) is 50.6 Å². The van der Waals surface area contributed by atoms with Crippen LogP contribution in [0.5, 0.6) is 0 Å². The molecule has 0 saturated heterocycles. The third kappa shape index (κ3) is 3.98. The molecule has 2 nitrogen and oxygen atoms in total. The average Bonchev–Trinajstić information content (AvgIpc) is 3.09. The first-order valence-corrected chi connectivity index (χ1v) is 13.4. The third-order valence-electron chi connectivity index (χ3n) is 10.0. The van der Waals surface area contributed by atoms with Crippen LogP contribution < -0.4 is 0 Å². The molecule has 4 heteroatoms. The SMILES string of the molecule is [2H]B([3H])CSO[C@H]1CCC2(C)C(=CCC3C2CCC2(C)C(C(C)CCC(C)=O)CCC32)C1. The van der Waals surface area contributed by atoms with E-state index in [9.17, 15) is 4.79 Å². The van der Waals surface area contributed by atoms with Gasteiger partial charge in [0, 0.05) is 6.42 Å². The van der Waals surface area contributed by atoms with Crippen molar-refractivity contribution in [3.8, 4) is 0 Å². The number of rotatable bonds is 8. The fourth-order valence-corrected chi connectivity index (χ4v) is 8.89. The summed E-state index contributed by atoms with van der Waals surface area (Å²) in [5.41, 5.74) is 2.86. The molecule has 8 atom stereocenters. The second-order valence-corrected chi connectivity index (χ2v) is 12.2. The molecule has 0 aromatic heterocycles. The molecule has 0 heterocycles. The summed E-state index contributed by atoms with van der Waals surface area (Å²) in [4.78, 5) is 11.6. The topological polar surface area (TPSA) is 26.3 Å². The number of carbonyl (C=O) groups is 1. The molecule has 7 unspecified atom stereocenters. The van der Waals surface area contributed by atoms with Gasteiger partial charge in [0.05, 0.1) is 6.10 Å². The van der Waals surface area contributed by atoms with E-state index in [-0.39, 0.29) is 6.10 Å². The maximum absolute atomic E-state index is 11.6. The standard InChI is InChI=1S/C26H43BO2S/c1-17(5-6-18(2)28)22-9-10-23-21-8-7-19-15-20(29-30-16-27)11-13-25(19,3)24(21)12-14-26(22,23)4/h7,17,20-24H,5-6,8-16,27H2,1-4H3/t17?,20-,21?,22?,23?,24?,25?,26?/m0/s1/i27TD. The highest BCUT2D eigenvalue weighted by Crippen LogP contribution is 2.67. The summed E-state index contributed by atoms with van der Waals surface area (Å²) < 4.78 is 20.7. The van der Waals surface area contributed by atoms with Crippen LogP contribution >= 0.6 is 12.0 Å². The van der Waals surface area contributed by atoms with Gasteiger partial charge in [-0.25, -0.2) is 0 Å². The summed E-state index contributed by atoms with van der Waals surface area (Å²) in [7, 11) is -0.805. The molecule has 0 N–H and O–H groups in total. The number of carbonyl (C=O) groups excluding carboxylic acids is 1. The maximum Gasteiger partial charge on any atom is 0.129 e. The van der Waals surface area contributed by atoms with E-state index in [0.29, 0.717) is 28.2 Å². The summed E-state index contributed by atoms with van der Waals surface area (Å²) in [6.45, 7) is 9.30. The Bertz CT molecular complexity index is 731. The minimum Gasteiger partial charge on any atom is -0.312 e. The number of allylic oxidation sites excluding steroid dienone is 1. The summed E-state index contributed by atoms with van der Waals surface area (Å²) in [5, 5.41) is 0. The zero-order valence-electron chi connectivity index (χ0n) is 21.6. The van der Waals surface area contributed by atoms with Crippen LogP contribution in [0.3, 0.4) is 0 Å². The Labute approximate surface area is 193 Å². The molecule has 4 aliphatic rings. The predicted molar refractivity (Wildman–Crippen MR) is 130 cm³/mol. The fourth-order valence-electron chi connectivity index (χ4n) is 8.45. The molecule has 3 saturated carbocycles. The first-order valence-electron chi connectivity index (χ1n) is 13.6. The van der Waals surface area contributed by atoms with E-state index in [1.54, 1.807) is 12.5 Å². The summed E-state index contributed by atoms with van der Waals surface area (Å²) in [6.07, 6.45) is 14.7. The number of ketones is 1. The van der Waals surface area contributed by atoms with Gasteiger partial charge < -0.3 is 8.98 Å². The Morgan fingerprint density at radius 1 is 1.37 bits per heavy atom. The normalized spacial score (nSPS) is 44.7. The highest BCUT2D eigenvalue weighted by Gasteiger charge is 2.59. The molecule has 0 aromatic rings. The summed E-state index contributed by atoms with van der Waals surface area (Å²) in [6, 6.07) is 0. The molecule has 30 heavy (non-hydrogen) atoms. The second kappa shape index (κ2) is 8.97. The van der Waals surface area contributed by atoms with E-state index in [4.69, 9.17) is 6.85 Å². The number of hydrogen-bond acceptors (Lipinski definition) is 3. The summed E-state index contributed by atoms with van der Waals surface area (Å²) in [5.74, 6) is 4.27. The van der Waals surface area contributed by atoms with Gasteiger partial charge in [0.25, 0.3) is 0 Å². The van der Waals surface area contributed by atoms with Crippen molar-refractivity contribution in [3.63, 3.8) is 0 Å². The molecule has 3 fully saturated rings. The highest BCUT2D eigenvalue weighted by atomic mass is 32.2. The Morgan fingerprint density at radius 3 is 2.97 bits per heavy atom. The van der Waals surface area contributed by atoms with Gasteiger partial charge in [-0.2, -0.15) is 0 Å². The van der Waals surface area contributed by atoms with Gasteiger partial charge in [-0.15, -0.1) is 0 Å². The number of Topliss-reactive ketones (excluding diaryl/α,β-unsaturated/α-hetero) is 1. The molecule has 0 bridgehead atoms. The quantitative estimate of drug-likeness (QED) is 0.259. The monoisotopic (exact) mass is 433 g/mol. The van der Waals surface area contributed by atoms with Crippen molar-refractivity contribution in [3.05, 3.63) is 11.6 Å². The van der Waals surface area contributed by atoms with Crippen molar-refractivity contribution < 1.29 is 8.98 Å².